The summed E-state index contributed by atoms with van der Waals surface area (Å²) in [7, 11) is 0. The molecule has 1 aromatic heterocycles. The predicted octanol–water partition coefficient (Wildman–Crippen LogP) is 2.91. The van der Waals surface area contributed by atoms with E-state index >= 15 is 0 Å². The topological polar surface area (TPSA) is 95.7 Å². The second-order valence-corrected chi connectivity index (χ2v) is 5.72. The van der Waals surface area contributed by atoms with Crippen molar-refractivity contribution in [2.24, 2.45) is 0 Å². The van der Waals surface area contributed by atoms with Crippen LogP contribution in [0.1, 0.15) is 6.92 Å². The molecule has 0 aliphatic carbocycles. The van der Waals surface area contributed by atoms with Crippen molar-refractivity contribution in [1.82, 2.24) is 10.2 Å². The molecule has 0 bridgehead atoms. The lowest BCUT2D eigenvalue weighted by Gasteiger charge is -2.24. The third-order valence-corrected chi connectivity index (χ3v) is 3.87. The molecule has 1 N–H and O–H groups in total. The monoisotopic (exact) mass is 367 g/mol. The molecule has 138 valence electrons. The maximum absolute atomic E-state index is 12.4. The minimum atomic E-state index is -0.805. The van der Waals surface area contributed by atoms with Crippen molar-refractivity contribution in [1.29, 1.82) is 0 Å². The summed E-state index contributed by atoms with van der Waals surface area (Å²) in [5.74, 6) is 1.75. The molecule has 0 fully saturated rings. The van der Waals surface area contributed by atoms with Gasteiger partial charge in [-0.1, -0.05) is 17.2 Å². The number of carbonyl (C=O) groups excluding carboxylic acids is 1. The Morgan fingerprint density at radius 2 is 1.93 bits per heavy atom. The van der Waals surface area contributed by atoms with Crippen LogP contribution in [0.15, 0.2) is 52.9 Å². The molecular weight excluding hydrogens is 350 g/mol. The van der Waals surface area contributed by atoms with Gasteiger partial charge in [-0.25, -0.2) is 0 Å². The zero-order valence-electron chi connectivity index (χ0n) is 14.5. The summed E-state index contributed by atoms with van der Waals surface area (Å²) in [6.07, 6.45) is -0.805. The summed E-state index contributed by atoms with van der Waals surface area (Å²) in [6, 6.07) is 14.4. The summed E-state index contributed by atoms with van der Waals surface area (Å²) in [5, 5.41) is 10.4. The van der Waals surface area contributed by atoms with Crippen molar-refractivity contribution < 1.29 is 23.4 Å². The van der Waals surface area contributed by atoms with Crippen LogP contribution in [0.2, 0.25) is 0 Å². The first-order chi connectivity index (χ1) is 13.2. The van der Waals surface area contributed by atoms with E-state index in [0.717, 1.165) is 11.3 Å². The Balaban J connectivity index is 1.41. The molecule has 1 aliphatic heterocycles. The first kappa shape index (κ1) is 16.9. The van der Waals surface area contributed by atoms with Gasteiger partial charge in [0.25, 0.3) is 5.91 Å². The van der Waals surface area contributed by atoms with Crippen LogP contribution in [-0.2, 0) is 4.79 Å². The van der Waals surface area contributed by atoms with Crippen molar-refractivity contribution in [2.75, 3.05) is 18.5 Å². The molecular formula is C19H17N3O5. The Labute approximate surface area is 155 Å². The fourth-order valence-corrected chi connectivity index (χ4v) is 2.59. The molecule has 0 radical (unpaired) electrons. The fourth-order valence-electron chi connectivity index (χ4n) is 2.59. The molecule has 0 saturated carbocycles. The van der Waals surface area contributed by atoms with Gasteiger partial charge < -0.3 is 18.6 Å². The van der Waals surface area contributed by atoms with Crippen LogP contribution in [-0.4, -0.2) is 35.4 Å². The van der Waals surface area contributed by atoms with Crippen LogP contribution in [0.25, 0.3) is 11.5 Å². The third kappa shape index (κ3) is 3.69. The Bertz CT molecular complexity index is 939. The number of fused-ring (bicyclic) bond motifs is 1. The first-order valence-electron chi connectivity index (χ1n) is 8.49. The molecule has 3 aromatic rings. The van der Waals surface area contributed by atoms with Gasteiger partial charge in [0.05, 0.1) is 6.61 Å². The number of aromatic nitrogens is 2. The van der Waals surface area contributed by atoms with Gasteiger partial charge in [-0.05, 0) is 43.3 Å². The number of nitrogens with zero attached hydrogens (tertiary/aromatic N) is 2. The van der Waals surface area contributed by atoms with Gasteiger partial charge in [-0.3, -0.25) is 10.1 Å². The number of ether oxygens (including phenoxy) is 3. The second kappa shape index (κ2) is 7.36. The lowest BCUT2D eigenvalue weighted by atomic mass is 10.2. The highest BCUT2D eigenvalue weighted by Crippen LogP contribution is 2.31. The number of para-hydroxylation sites is 2. The first-order valence-corrected chi connectivity index (χ1v) is 8.49. The highest BCUT2D eigenvalue weighted by molar-refractivity contribution is 5.93. The molecule has 1 unspecified atom stereocenters. The average Bonchev–Trinajstić information content (AvgIpc) is 3.17. The Morgan fingerprint density at radius 3 is 2.70 bits per heavy atom. The molecule has 27 heavy (non-hydrogen) atoms. The van der Waals surface area contributed by atoms with Gasteiger partial charge >= 0.3 is 6.01 Å². The van der Waals surface area contributed by atoms with E-state index in [1.54, 1.807) is 24.3 Å². The molecule has 2 aromatic carbocycles. The molecule has 1 amide bonds. The van der Waals surface area contributed by atoms with Gasteiger partial charge in [0, 0.05) is 5.56 Å². The van der Waals surface area contributed by atoms with Crippen LogP contribution < -0.4 is 19.5 Å². The van der Waals surface area contributed by atoms with E-state index in [9.17, 15) is 4.79 Å². The normalized spacial score (nSPS) is 15.2. The summed E-state index contributed by atoms with van der Waals surface area (Å²) in [6.45, 7) is 2.61. The maximum atomic E-state index is 12.4. The lowest BCUT2D eigenvalue weighted by molar-refractivity contribution is -0.125. The number of benzene rings is 2. The zero-order chi connectivity index (χ0) is 18.6. The number of hydrogen-bond donors (Lipinski definition) is 1. The largest absolute Gasteiger partial charge is 0.494 e. The summed E-state index contributed by atoms with van der Waals surface area (Å²) >= 11 is 0. The third-order valence-electron chi connectivity index (χ3n) is 3.87. The predicted molar refractivity (Wildman–Crippen MR) is 95.9 cm³/mol. The van der Waals surface area contributed by atoms with Crippen LogP contribution in [0.3, 0.4) is 0 Å². The number of rotatable bonds is 5. The van der Waals surface area contributed by atoms with E-state index in [0.29, 0.717) is 24.0 Å². The van der Waals surface area contributed by atoms with E-state index in [-0.39, 0.29) is 12.6 Å². The van der Waals surface area contributed by atoms with Crippen LogP contribution in [0, 0.1) is 0 Å². The SMILES string of the molecule is CCOc1ccc(-c2nnc(NC(=O)C3COc4ccccc4O3)o2)cc1. The van der Waals surface area contributed by atoms with Crippen molar-refractivity contribution in [3.8, 4) is 28.7 Å². The van der Waals surface area contributed by atoms with Crippen LogP contribution >= 0.6 is 0 Å². The van der Waals surface area contributed by atoms with Gasteiger partial charge in [-0.2, -0.15) is 0 Å². The Hall–Kier alpha value is -3.55. The van der Waals surface area contributed by atoms with E-state index in [1.165, 1.54) is 0 Å². The summed E-state index contributed by atoms with van der Waals surface area (Å²) in [5.41, 5.74) is 0.720. The zero-order valence-corrected chi connectivity index (χ0v) is 14.5. The highest BCUT2D eigenvalue weighted by Gasteiger charge is 2.28. The quantitative estimate of drug-likeness (QED) is 0.741. The fraction of sp³-hybridized carbons (Fsp3) is 0.211. The van der Waals surface area contributed by atoms with Crippen molar-refractivity contribution in [2.45, 2.75) is 13.0 Å². The number of amides is 1. The Morgan fingerprint density at radius 1 is 1.15 bits per heavy atom. The molecule has 8 nitrogen and oxygen atoms in total. The summed E-state index contributed by atoms with van der Waals surface area (Å²) < 4.78 is 22.1. The smallest absolute Gasteiger partial charge is 0.322 e. The molecule has 4 rings (SSSR count). The van der Waals surface area contributed by atoms with E-state index in [2.05, 4.69) is 15.5 Å². The molecule has 0 spiro atoms. The summed E-state index contributed by atoms with van der Waals surface area (Å²) in [4.78, 5) is 12.4. The van der Waals surface area contributed by atoms with Gasteiger partial charge in [0.15, 0.2) is 11.5 Å². The molecule has 2 heterocycles. The number of hydrogen-bond acceptors (Lipinski definition) is 7. The van der Waals surface area contributed by atoms with Crippen molar-refractivity contribution in [3.05, 3.63) is 48.5 Å². The molecule has 0 saturated heterocycles. The molecule has 1 aliphatic rings. The number of anilines is 1. The van der Waals surface area contributed by atoms with Crippen molar-refractivity contribution in [3.63, 3.8) is 0 Å². The second-order valence-electron chi connectivity index (χ2n) is 5.72. The van der Waals surface area contributed by atoms with E-state index in [1.807, 2.05) is 31.2 Å². The lowest BCUT2D eigenvalue weighted by Crippen LogP contribution is -2.40. The number of carbonyl (C=O) groups is 1. The van der Waals surface area contributed by atoms with Gasteiger partial charge in [-0.15, -0.1) is 5.10 Å². The molecule has 8 heteroatoms. The molecule has 1 atom stereocenters. The Kier molecular flexibility index (Phi) is 4.61. The average molecular weight is 367 g/mol. The maximum Gasteiger partial charge on any atom is 0.322 e. The van der Waals surface area contributed by atoms with E-state index in [4.69, 9.17) is 18.6 Å². The number of nitrogens with one attached hydrogen (secondary N) is 1. The van der Waals surface area contributed by atoms with E-state index < -0.39 is 12.0 Å². The minimum absolute atomic E-state index is 0.00802. The van der Waals surface area contributed by atoms with Gasteiger partial charge in [0.2, 0.25) is 12.0 Å². The van der Waals surface area contributed by atoms with Crippen molar-refractivity contribution >= 4 is 11.9 Å². The van der Waals surface area contributed by atoms with Crippen LogP contribution in [0.4, 0.5) is 6.01 Å². The standard InChI is InChI=1S/C19H17N3O5/c1-2-24-13-9-7-12(8-10-13)18-21-22-19(27-18)20-17(23)16-11-25-14-5-3-4-6-15(14)26-16/h3-10,16H,2,11H2,1H3,(H,20,22,23). The van der Waals surface area contributed by atoms with Gasteiger partial charge in [0.1, 0.15) is 12.4 Å². The minimum Gasteiger partial charge on any atom is -0.494 e. The highest BCUT2D eigenvalue weighted by atomic mass is 16.6. The van der Waals surface area contributed by atoms with Crippen LogP contribution in [0.5, 0.6) is 17.2 Å².